The number of benzene rings is 2. The average molecular weight is 385 g/mol. The Morgan fingerprint density at radius 3 is 2.59 bits per heavy atom. The van der Waals surface area contributed by atoms with Crippen molar-refractivity contribution in [3.05, 3.63) is 57.8 Å². The Kier molecular flexibility index (Phi) is 3.74. The molecule has 0 aromatic heterocycles. The molecule has 1 N–H and O–H groups in total. The second-order valence-electron chi connectivity index (χ2n) is 5.06. The van der Waals surface area contributed by atoms with Gasteiger partial charge < -0.3 is 5.32 Å². The predicted molar refractivity (Wildman–Crippen MR) is 87.0 cm³/mol. The summed E-state index contributed by atoms with van der Waals surface area (Å²) in [6.45, 7) is 0. The lowest BCUT2D eigenvalue weighted by atomic mass is 9.97. The summed E-state index contributed by atoms with van der Waals surface area (Å²) in [7, 11) is -0.524. The van der Waals surface area contributed by atoms with E-state index in [1.807, 2.05) is 12.1 Å². The molecule has 1 aliphatic rings. The van der Waals surface area contributed by atoms with Crippen LogP contribution in [0.2, 0.25) is 0 Å². The van der Waals surface area contributed by atoms with E-state index >= 15 is 0 Å². The molecule has 0 fully saturated rings. The summed E-state index contributed by atoms with van der Waals surface area (Å²) in [5, 5.41) is 3.09. The van der Waals surface area contributed by atoms with E-state index in [2.05, 4.69) is 21.2 Å². The molecule has 3 rings (SSSR count). The first kappa shape index (κ1) is 15.5. The quantitative estimate of drug-likeness (QED) is 0.821. The van der Waals surface area contributed by atoms with Crippen LogP contribution in [0.5, 0.6) is 0 Å². The van der Waals surface area contributed by atoms with Gasteiger partial charge in [0.05, 0.1) is 21.1 Å². The monoisotopic (exact) mass is 384 g/mol. The topological polar surface area (TPSA) is 49.4 Å². The minimum atomic E-state index is -3.76. The van der Waals surface area contributed by atoms with E-state index in [0.29, 0.717) is 11.3 Å². The Morgan fingerprint density at radius 1 is 1.23 bits per heavy atom. The smallest absolute Gasteiger partial charge is 0.264 e. The summed E-state index contributed by atoms with van der Waals surface area (Å²) in [5.74, 6) is -0.490. The molecule has 1 atom stereocenters. The maximum atomic E-state index is 14.0. The zero-order valence-electron chi connectivity index (χ0n) is 12.0. The van der Waals surface area contributed by atoms with Gasteiger partial charge in [-0.05, 0) is 52.3 Å². The van der Waals surface area contributed by atoms with Crippen LogP contribution in [0.25, 0.3) is 0 Å². The minimum absolute atomic E-state index is 0.0961. The van der Waals surface area contributed by atoms with Crippen LogP contribution in [0.1, 0.15) is 17.2 Å². The number of hydrogen-bond donors (Lipinski definition) is 1. The van der Waals surface area contributed by atoms with Crippen LogP contribution < -0.4 is 9.62 Å². The van der Waals surface area contributed by atoms with Crippen LogP contribution in [0.3, 0.4) is 0 Å². The summed E-state index contributed by atoms with van der Waals surface area (Å²) >= 11 is 3.07. The molecule has 0 aliphatic carbocycles. The lowest BCUT2D eigenvalue weighted by Crippen LogP contribution is -2.26. The van der Waals surface area contributed by atoms with E-state index in [1.165, 1.54) is 23.5 Å². The van der Waals surface area contributed by atoms with Crippen LogP contribution in [-0.2, 0) is 10.0 Å². The van der Waals surface area contributed by atoms with Gasteiger partial charge in [-0.25, -0.2) is 12.8 Å². The van der Waals surface area contributed by atoms with E-state index in [9.17, 15) is 12.8 Å². The van der Waals surface area contributed by atoms with E-state index in [4.69, 9.17) is 0 Å². The van der Waals surface area contributed by atoms with E-state index in [-0.39, 0.29) is 9.37 Å². The number of nitrogens with zero attached hydrogens (tertiary/aromatic N) is 1. The number of halogens is 2. The molecule has 1 heterocycles. The maximum Gasteiger partial charge on any atom is 0.264 e. The number of rotatable bonds is 1. The summed E-state index contributed by atoms with van der Waals surface area (Å²) in [6.07, 6.45) is 0. The molecule has 0 saturated heterocycles. The van der Waals surface area contributed by atoms with Gasteiger partial charge in [-0.1, -0.05) is 18.2 Å². The second kappa shape index (κ2) is 5.33. The van der Waals surface area contributed by atoms with E-state index in [1.54, 1.807) is 19.2 Å². The first-order chi connectivity index (χ1) is 10.4. The molecule has 2 aromatic carbocycles. The summed E-state index contributed by atoms with van der Waals surface area (Å²) in [4.78, 5) is 0.0961. The molecule has 22 heavy (non-hydrogen) atoms. The van der Waals surface area contributed by atoms with Gasteiger partial charge in [-0.15, -0.1) is 0 Å². The van der Waals surface area contributed by atoms with Crippen LogP contribution in [0.15, 0.2) is 45.8 Å². The molecule has 1 unspecified atom stereocenters. The Morgan fingerprint density at radius 2 is 1.91 bits per heavy atom. The van der Waals surface area contributed by atoms with Gasteiger partial charge in [-0.3, -0.25) is 4.31 Å². The highest BCUT2D eigenvalue weighted by Crippen LogP contribution is 2.41. The minimum Gasteiger partial charge on any atom is -0.309 e. The molecule has 7 heteroatoms. The highest BCUT2D eigenvalue weighted by molar-refractivity contribution is 9.10. The Hall–Kier alpha value is -1.44. The largest absolute Gasteiger partial charge is 0.309 e. The van der Waals surface area contributed by atoms with Crippen LogP contribution in [0, 0.1) is 5.82 Å². The Balaban J connectivity index is 2.44. The molecular weight excluding hydrogens is 371 g/mol. The van der Waals surface area contributed by atoms with Crippen molar-refractivity contribution in [2.75, 3.05) is 18.4 Å². The van der Waals surface area contributed by atoms with Crippen LogP contribution in [0.4, 0.5) is 10.1 Å². The molecule has 1 aliphatic heterocycles. The van der Waals surface area contributed by atoms with Gasteiger partial charge in [0.25, 0.3) is 10.0 Å². The third-order valence-corrected chi connectivity index (χ3v) is 6.31. The lowest BCUT2D eigenvalue weighted by molar-refractivity contribution is 0.587. The van der Waals surface area contributed by atoms with E-state index in [0.717, 1.165) is 5.56 Å². The fourth-order valence-electron chi connectivity index (χ4n) is 2.77. The van der Waals surface area contributed by atoms with Crippen molar-refractivity contribution in [2.45, 2.75) is 10.9 Å². The third kappa shape index (κ3) is 2.15. The first-order valence-corrected chi connectivity index (χ1v) is 8.85. The van der Waals surface area contributed by atoms with Crippen molar-refractivity contribution in [3.63, 3.8) is 0 Å². The molecule has 2 aromatic rings. The fourth-order valence-corrected chi connectivity index (χ4v) is 4.72. The number of nitrogens with one attached hydrogen (secondary N) is 1. The zero-order chi connectivity index (χ0) is 16.1. The van der Waals surface area contributed by atoms with Gasteiger partial charge in [0, 0.05) is 7.05 Å². The Labute approximate surface area is 137 Å². The highest BCUT2D eigenvalue weighted by atomic mass is 79.9. The lowest BCUT2D eigenvalue weighted by Gasteiger charge is -2.20. The summed E-state index contributed by atoms with van der Waals surface area (Å²) in [6, 6.07) is 9.40. The van der Waals surface area contributed by atoms with Gasteiger partial charge in [0.15, 0.2) is 0 Å². The van der Waals surface area contributed by atoms with Crippen molar-refractivity contribution in [3.8, 4) is 0 Å². The van der Waals surface area contributed by atoms with Crippen molar-refractivity contribution >= 4 is 31.6 Å². The van der Waals surface area contributed by atoms with Crippen LogP contribution in [-0.4, -0.2) is 22.5 Å². The van der Waals surface area contributed by atoms with Crippen molar-refractivity contribution in [1.82, 2.24) is 5.32 Å². The fraction of sp³-hybridized carbons (Fsp3) is 0.200. The van der Waals surface area contributed by atoms with Crippen molar-refractivity contribution in [1.29, 1.82) is 0 Å². The molecule has 0 bridgehead atoms. The summed E-state index contributed by atoms with van der Waals surface area (Å²) < 4.78 is 41.1. The van der Waals surface area contributed by atoms with Gasteiger partial charge >= 0.3 is 0 Å². The van der Waals surface area contributed by atoms with Gasteiger partial charge in [0.1, 0.15) is 5.82 Å². The predicted octanol–water partition coefficient (Wildman–Crippen LogP) is 3.04. The normalized spacial score (nSPS) is 19.3. The van der Waals surface area contributed by atoms with Gasteiger partial charge in [-0.2, -0.15) is 0 Å². The van der Waals surface area contributed by atoms with Gasteiger partial charge in [0.2, 0.25) is 0 Å². The third-order valence-electron chi connectivity index (χ3n) is 3.88. The Bertz CT molecular complexity index is 855. The standard InChI is InChI=1S/C15H14BrFN2O2S/c1-18-15-9-5-3-4-6-13(9)19(2)22(20,21)14-8-11(16)12(17)7-10(14)15/h3-8,15,18H,1-2H3. The van der Waals surface area contributed by atoms with Crippen LogP contribution >= 0.6 is 15.9 Å². The molecular formula is C15H14BrFN2O2S. The summed E-state index contributed by atoms with van der Waals surface area (Å²) in [5.41, 5.74) is 1.77. The first-order valence-electron chi connectivity index (χ1n) is 6.62. The number of sulfonamides is 1. The number of fused-ring (bicyclic) bond motifs is 2. The number of hydrogen-bond acceptors (Lipinski definition) is 3. The number of para-hydroxylation sites is 1. The molecule has 0 spiro atoms. The highest BCUT2D eigenvalue weighted by Gasteiger charge is 2.35. The van der Waals surface area contributed by atoms with Crippen molar-refractivity contribution in [2.24, 2.45) is 0 Å². The average Bonchev–Trinajstić information content (AvgIpc) is 2.56. The van der Waals surface area contributed by atoms with E-state index < -0.39 is 21.9 Å². The molecule has 0 amide bonds. The maximum absolute atomic E-state index is 14.0. The molecule has 0 radical (unpaired) electrons. The molecule has 0 saturated carbocycles. The molecule has 4 nitrogen and oxygen atoms in total. The number of anilines is 1. The second-order valence-corrected chi connectivity index (χ2v) is 7.85. The molecule has 116 valence electrons. The SMILES string of the molecule is CNC1c2ccccc2N(C)S(=O)(=O)c2cc(Br)c(F)cc21. The van der Waals surface area contributed by atoms with Crippen molar-refractivity contribution < 1.29 is 12.8 Å². The zero-order valence-corrected chi connectivity index (χ0v) is 14.4.